The second-order valence-corrected chi connectivity index (χ2v) is 5.93. The van der Waals surface area contributed by atoms with Gasteiger partial charge in [0, 0.05) is 18.8 Å². The summed E-state index contributed by atoms with van der Waals surface area (Å²) >= 11 is 0. The summed E-state index contributed by atoms with van der Waals surface area (Å²) in [6, 6.07) is 1.71. The Morgan fingerprint density at radius 2 is 1.90 bits per heavy atom. The molecule has 0 bridgehead atoms. The lowest BCUT2D eigenvalue weighted by Crippen LogP contribution is -2.27. The second-order valence-electron chi connectivity index (χ2n) is 5.93. The van der Waals surface area contributed by atoms with E-state index in [2.05, 4.69) is 48.3 Å². The number of anilines is 1. The molecule has 0 aliphatic rings. The van der Waals surface area contributed by atoms with Crippen LogP contribution in [0.2, 0.25) is 0 Å². The molecule has 0 saturated heterocycles. The van der Waals surface area contributed by atoms with Gasteiger partial charge in [-0.3, -0.25) is 4.79 Å². The SMILES string of the molecule is Cc1cc(C(=O)NCCC(C)C)nc(NCC(C)C)n1. The van der Waals surface area contributed by atoms with Crippen LogP contribution in [0.5, 0.6) is 0 Å². The van der Waals surface area contributed by atoms with E-state index in [1.165, 1.54) is 0 Å². The summed E-state index contributed by atoms with van der Waals surface area (Å²) in [7, 11) is 0. The fourth-order valence-corrected chi connectivity index (χ4v) is 1.62. The van der Waals surface area contributed by atoms with Crippen molar-refractivity contribution in [2.24, 2.45) is 11.8 Å². The number of rotatable bonds is 7. The highest BCUT2D eigenvalue weighted by Crippen LogP contribution is 2.06. The van der Waals surface area contributed by atoms with Gasteiger partial charge in [0.2, 0.25) is 5.95 Å². The molecule has 1 rings (SSSR count). The Morgan fingerprint density at radius 1 is 1.20 bits per heavy atom. The highest BCUT2D eigenvalue weighted by molar-refractivity contribution is 5.92. The lowest BCUT2D eigenvalue weighted by molar-refractivity contribution is 0.0947. The summed E-state index contributed by atoms with van der Waals surface area (Å²) in [5, 5.41) is 6.04. The topological polar surface area (TPSA) is 66.9 Å². The predicted octanol–water partition coefficient (Wildman–Crippen LogP) is 2.63. The Morgan fingerprint density at radius 3 is 2.50 bits per heavy atom. The van der Waals surface area contributed by atoms with Gasteiger partial charge in [0.1, 0.15) is 5.69 Å². The van der Waals surface area contributed by atoms with E-state index >= 15 is 0 Å². The average molecular weight is 278 g/mol. The smallest absolute Gasteiger partial charge is 0.270 e. The number of carbonyl (C=O) groups excluding carboxylic acids is 1. The van der Waals surface area contributed by atoms with Crippen LogP contribution in [0.3, 0.4) is 0 Å². The molecule has 0 aliphatic heterocycles. The van der Waals surface area contributed by atoms with Crippen LogP contribution >= 0.6 is 0 Å². The van der Waals surface area contributed by atoms with E-state index in [9.17, 15) is 4.79 Å². The van der Waals surface area contributed by atoms with Crippen molar-refractivity contribution in [2.45, 2.75) is 41.0 Å². The monoisotopic (exact) mass is 278 g/mol. The van der Waals surface area contributed by atoms with Crippen LogP contribution in [-0.4, -0.2) is 29.0 Å². The molecule has 112 valence electrons. The molecule has 0 fully saturated rings. The molecule has 1 aromatic heterocycles. The molecule has 2 N–H and O–H groups in total. The first kappa shape index (κ1) is 16.4. The van der Waals surface area contributed by atoms with Crippen molar-refractivity contribution in [3.8, 4) is 0 Å². The minimum absolute atomic E-state index is 0.135. The van der Waals surface area contributed by atoms with Gasteiger partial charge in [-0.2, -0.15) is 0 Å². The average Bonchev–Trinajstić information content (AvgIpc) is 2.35. The van der Waals surface area contributed by atoms with Crippen LogP contribution in [-0.2, 0) is 0 Å². The number of hydrogen-bond acceptors (Lipinski definition) is 4. The fourth-order valence-electron chi connectivity index (χ4n) is 1.62. The first-order valence-electron chi connectivity index (χ1n) is 7.26. The largest absolute Gasteiger partial charge is 0.354 e. The molecule has 5 nitrogen and oxygen atoms in total. The number of nitrogens with zero attached hydrogens (tertiary/aromatic N) is 2. The fraction of sp³-hybridized carbons (Fsp3) is 0.667. The van der Waals surface area contributed by atoms with Crippen molar-refractivity contribution < 1.29 is 4.79 Å². The Labute approximate surface area is 121 Å². The summed E-state index contributed by atoms with van der Waals surface area (Å²) in [5.41, 5.74) is 1.22. The van der Waals surface area contributed by atoms with Crippen LogP contribution in [0.4, 0.5) is 5.95 Å². The molecular weight excluding hydrogens is 252 g/mol. The van der Waals surface area contributed by atoms with Crippen molar-refractivity contribution in [1.29, 1.82) is 0 Å². The molecule has 20 heavy (non-hydrogen) atoms. The van der Waals surface area contributed by atoms with Crippen molar-refractivity contribution in [1.82, 2.24) is 15.3 Å². The number of carbonyl (C=O) groups is 1. The van der Waals surface area contributed by atoms with E-state index in [1.54, 1.807) is 6.07 Å². The number of nitrogens with one attached hydrogen (secondary N) is 2. The maximum absolute atomic E-state index is 12.0. The van der Waals surface area contributed by atoms with Crippen molar-refractivity contribution in [3.63, 3.8) is 0 Å². The highest BCUT2D eigenvalue weighted by atomic mass is 16.1. The molecular formula is C15H26N4O. The predicted molar refractivity (Wildman–Crippen MR) is 81.9 cm³/mol. The second kappa shape index (κ2) is 7.82. The number of hydrogen-bond donors (Lipinski definition) is 2. The van der Waals surface area contributed by atoms with E-state index in [0.717, 1.165) is 18.7 Å². The standard InChI is InChI=1S/C15H26N4O/c1-10(2)6-7-16-14(20)13-8-12(5)18-15(19-13)17-9-11(3)4/h8,10-11H,6-7,9H2,1-5H3,(H,16,20)(H,17,18,19). The van der Waals surface area contributed by atoms with Gasteiger partial charge in [-0.15, -0.1) is 0 Å². The van der Waals surface area contributed by atoms with Gasteiger partial charge in [-0.1, -0.05) is 27.7 Å². The van der Waals surface area contributed by atoms with Gasteiger partial charge >= 0.3 is 0 Å². The molecule has 0 aromatic carbocycles. The highest BCUT2D eigenvalue weighted by Gasteiger charge is 2.10. The number of aryl methyl sites for hydroxylation is 1. The molecule has 0 radical (unpaired) electrons. The zero-order valence-corrected chi connectivity index (χ0v) is 13.2. The zero-order chi connectivity index (χ0) is 15.1. The van der Waals surface area contributed by atoms with E-state index in [-0.39, 0.29) is 5.91 Å². The van der Waals surface area contributed by atoms with Gasteiger partial charge in [-0.05, 0) is 31.2 Å². The van der Waals surface area contributed by atoms with E-state index in [1.807, 2.05) is 6.92 Å². The Kier molecular flexibility index (Phi) is 6.42. The number of amides is 1. The summed E-state index contributed by atoms with van der Waals surface area (Å²) < 4.78 is 0. The van der Waals surface area contributed by atoms with E-state index in [0.29, 0.717) is 30.0 Å². The van der Waals surface area contributed by atoms with Gasteiger partial charge in [-0.25, -0.2) is 9.97 Å². The van der Waals surface area contributed by atoms with E-state index in [4.69, 9.17) is 0 Å². The Balaban J connectivity index is 2.66. The molecule has 1 heterocycles. The lowest BCUT2D eigenvalue weighted by Gasteiger charge is -2.10. The molecule has 0 saturated carbocycles. The van der Waals surface area contributed by atoms with Gasteiger partial charge in [0.05, 0.1) is 0 Å². The third-order valence-corrected chi connectivity index (χ3v) is 2.76. The third-order valence-electron chi connectivity index (χ3n) is 2.76. The quantitative estimate of drug-likeness (QED) is 0.804. The summed E-state index contributed by atoms with van der Waals surface area (Å²) in [6.07, 6.45) is 0.967. The van der Waals surface area contributed by atoms with Gasteiger partial charge in [0.25, 0.3) is 5.91 Å². The van der Waals surface area contributed by atoms with Crippen LogP contribution in [0.1, 0.15) is 50.3 Å². The van der Waals surface area contributed by atoms with Crippen LogP contribution < -0.4 is 10.6 Å². The van der Waals surface area contributed by atoms with Crippen molar-refractivity contribution in [3.05, 3.63) is 17.5 Å². The first-order valence-corrected chi connectivity index (χ1v) is 7.26. The Bertz CT molecular complexity index is 443. The normalized spacial score (nSPS) is 10.9. The Hall–Kier alpha value is -1.65. The van der Waals surface area contributed by atoms with Crippen LogP contribution in [0.25, 0.3) is 0 Å². The molecule has 0 unspecified atom stereocenters. The summed E-state index contributed by atoms with van der Waals surface area (Å²) in [6.45, 7) is 11.8. The zero-order valence-electron chi connectivity index (χ0n) is 13.2. The molecule has 0 spiro atoms. The molecule has 5 heteroatoms. The number of aromatic nitrogens is 2. The lowest BCUT2D eigenvalue weighted by atomic mass is 10.1. The maximum atomic E-state index is 12.0. The minimum atomic E-state index is -0.135. The van der Waals surface area contributed by atoms with Crippen LogP contribution in [0, 0.1) is 18.8 Å². The molecule has 0 aliphatic carbocycles. The van der Waals surface area contributed by atoms with Gasteiger partial charge < -0.3 is 10.6 Å². The van der Waals surface area contributed by atoms with Crippen LogP contribution in [0.15, 0.2) is 6.07 Å². The van der Waals surface area contributed by atoms with Crippen molar-refractivity contribution >= 4 is 11.9 Å². The van der Waals surface area contributed by atoms with Crippen molar-refractivity contribution in [2.75, 3.05) is 18.4 Å². The molecule has 1 amide bonds. The van der Waals surface area contributed by atoms with Gasteiger partial charge in [0.15, 0.2) is 0 Å². The summed E-state index contributed by atoms with van der Waals surface area (Å²) in [4.78, 5) is 20.6. The summed E-state index contributed by atoms with van der Waals surface area (Å²) in [5.74, 6) is 1.46. The maximum Gasteiger partial charge on any atom is 0.270 e. The first-order chi connectivity index (χ1) is 9.38. The molecule has 1 aromatic rings. The molecule has 0 atom stereocenters. The van der Waals surface area contributed by atoms with E-state index < -0.39 is 0 Å². The minimum Gasteiger partial charge on any atom is -0.354 e. The third kappa shape index (κ3) is 5.99.